The number of carbonyl (C=O) groups excluding carboxylic acids is 1. The van der Waals surface area contributed by atoms with E-state index in [0.29, 0.717) is 13.1 Å². The van der Waals surface area contributed by atoms with E-state index in [4.69, 9.17) is 0 Å². The van der Waals surface area contributed by atoms with Crippen LogP contribution < -0.4 is 4.90 Å². The van der Waals surface area contributed by atoms with Crippen LogP contribution in [0.3, 0.4) is 0 Å². The minimum absolute atomic E-state index is 0.00885. The van der Waals surface area contributed by atoms with Crippen molar-refractivity contribution in [3.8, 4) is 0 Å². The number of piperidine rings is 1. The molecule has 2 fully saturated rings. The van der Waals surface area contributed by atoms with Gasteiger partial charge in [-0.2, -0.15) is 0 Å². The van der Waals surface area contributed by atoms with Crippen LogP contribution in [0, 0.1) is 5.82 Å². The molecule has 0 atom stereocenters. The number of aromatic nitrogens is 3. The van der Waals surface area contributed by atoms with Gasteiger partial charge in [0, 0.05) is 43.8 Å². The third-order valence-electron chi connectivity index (χ3n) is 5.37. The van der Waals surface area contributed by atoms with Crippen molar-refractivity contribution in [1.29, 1.82) is 0 Å². The number of hydrogen-bond donors (Lipinski definition) is 0. The van der Waals surface area contributed by atoms with Crippen molar-refractivity contribution in [2.75, 3.05) is 24.5 Å². The lowest BCUT2D eigenvalue weighted by molar-refractivity contribution is 0.0667. The van der Waals surface area contributed by atoms with Gasteiger partial charge in [0.05, 0.1) is 11.8 Å². The highest BCUT2D eigenvalue weighted by Crippen LogP contribution is 2.40. The summed E-state index contributed by atoms with van der Waals surface area (Å²) in [4.78, 5) is 29.1. The first-order valence-corrected chi connectivity index (χ1v) is 8.63. The second-order valence-electron chi connectivity index (χ2n) is 6.68. The summed E-state index contributed by atoms with van der Waals surface area (Å²) in [6.07, 6.45) is 9.95. The fourth-order valence-electron chi connectivity index (χ4n) is 4.05. The Morgan fingerprint density at radius 2 is 1.84 bits per heavy atom. The summed E-state index contributed by atoms with van der Waals surface area (Å²) >= 11 is 0. The Morgan fingerprint density at radius 1 is 1.08 bits per heavy atom. The van der Waals surface area contributed by atoms with Crippen molar-refractivity contribution < 1.29 is 9.18 Å². The number of carbonyl (C=O) groups is 1. The minimum atomic E-state index is -0.562. The molecule has 2 aliphatic heterocycles. The predicted octanol–water partition coefficient (Wildman–Crippen LogP) is 2.29. The molecule has 0 bridgehead atoms. The molecule has 0 radical (unpaired) electrons. The summed E-state index contributed by atoms with van der Waals surface area (Å²) in [6.45, 7) is 2.17. The number of anilines is 1. The first-order chi connectivity index (χ1) is 12.2. The van der Waals surface area contributed by atoms with Gasteiger partial charge < -0.3 is 9.80 Å². The molecular formula is C18H20FN5O. The zero-order valence-corrected chi connectivity index (χ0v) is 13.9. The van der Waals surface area contributed by atoms with Crippen LogP contribution in [0.15, 0.2) is 36.9 Å². The van der Waals surface area contributed by atoms with Crippen LogP contribution in [-0.4, -0.2) is 50.9 Å². The van der Waals surface area contributed by atoms with Crippen molar-refractivity contribution in [1.82, 2.24) is 19.9 Å². The van der Waals surface area contributed by atoms with Crippen LogP contribution in [0.5, 0.6) is 0 Å². The fraction of sp³-hybridized carbons (Fsp3) is 0.444. The lowest BCUT2D eigenvalue weighted by Crippen LogP contribution is -2.54. The average molecular weight is 341 g/mol. The molecule has 2 aromatic rings. The van der Waals surface area contributed by atoms with Gasteiger partial charge in [0.2, 0.25) is 5.95 Å². The van der Waals surface area contributed by atoms with Crippen LogP contribution in [0.1, 0.15) is 36.0 Å². The van der Waals surface area contributed by atoms with Crippen LogP contribution in [0.25, 0.3) is 0 Å². The van der Waals surface area contributed by atoms with Gasteiger partial charge in [0.25, 0.3) is 5.91 Å². The van der Waals surface area contributed by atoms with Gasteiger partial charge in [-0.15, -0.1) is 0 Å². The summed E-state index contributed by atoms with van der Waals surface area (Å²) in [5.41, 5.74) is 0.107. The predicted molar refractivity (Wildman–Crippen MR) is 90.7 cm³/mol. The van der Waals surface area contributed by atoms with Crippen molar-refractivity contribution in [2.24, 2.45) is 0 Å². The SMILES string of the molecule is O=C(c1ccncc1F)N1CCC2(CCCN2c2ncccn2)CC1. The van der Waals surface area contributed by atoms with Gasteiger partial charge in [-0.3, -0.25) is 9.78 Å². The number of likely N-dealkylation sites (tertiary alicyclic amines) is 1. The molecule has 0 N–H and O–H groups in total. The number of amides is 1. The number of hydrogen-bond acceptors (Lipinski definition) is 5. The van der Waals surface area contributed by atoms with E-state index in [0.717, 1.165) is 44.4 Å². The van der Waals surface area contributed by atoms with E-state index in [1.807, 2.05) is 6.07 Å². The van der Waals surface area contributed by atoms with E-state index in [2.05, 4.69) is 19.9 Å². The maximum absolute atomic E-state index is 13.8. The van der Waals surface area contributed by atoms with E-state index in [1.54, 1.807) is 17.3 Å². The van der Waals surface area contributed by atoms with Crippen molar-refractivity contribution in [2.45, 2.75) is 31.2 Å². The van der Waals surface area contributed by atoms with Gasteiger partial charge >= 0.3 is 0 Å². The van der Waals surface area contributed by atoms with E-state index in [1.165, 1.54) is 12.3 Å². The Hall–Kier alpha value is -2.57. The molecule has 1 amide bonds. The first-order valence-electron chi connectivity index (χ1n) is 8.63. The van der Waals surface area contributed by atoms with E-state index in [-0.39, 0.29) is 17.0 Å². The summed E-state index contributed by atoms with van der Waals surface area (Å²) < 4.78 is 13.8. The van der Waals surface area contributed by atoms with Gasteiger partial charge in [0.1, 0.15) is 0 Å². The third-order valence-corrected chi connectivity index (χ3v) is 5.37. The second-order valence-corrected chi connectivity index (χ2v) is 6.68. The maximum atomic E-state index is 13.8. The summed E-state index contributed by atoms with van der Waals surface area (Å²) in [5, 5.41) is 0. The van der Waals surface area contributed by atoms with Crippen LogP contribution in [-0.2, 0) is 0 Å². The first kappa shape index (κ1) is 15.9. The fourth-order valence-corrected chi connectivity index (χ4v) is 4.05. The molecule has 2 aromatic heterocycles. The molecule has 0 saturated carbocycles. The van der Waals surface area contributed by atoms with E-state index >= 15 is 0 Å². The second kappa shape index (κ2) is 6.38. The molecular weight excluding hydrogens is 321 g/mol. The molecule has 2 saturated heterocycles. The number of halogens is 1. The van der Waals surface area contributed by atoms with E-state index in [9.17, 15) is 9.18 Å². The quantitative estimate of drug-likeness (QED) is 0.839. The molecule has 4 heterocycles. The third kappa shape index (κ3) is 2.83. The van der Waals surface area contributed by atoms with Gasteiger partial charge in [0.15, 0.2) is 5.82 Å². The number of nitrogens with zero attached hydrogens (tertiary/aromatic N) is 5. The molecule has 130 valence electrons. The summed E-state index contributed by atoms with van der Waals surface area (Å²) in [7, 11) is 0. The molecule has 0 unspecified atom stereocenters. The minimum Gasteiger partial charge on any atom is -0.338 e. The number of rotatable bonds is 2. The standard InChI is InChI=1S/C18H20FN5O/c19-15-13-20-9-3-14(15)16(25)23-11-5-18(6-12-23)4-1-10-24(18)17-21-7-2-8-22-17/h2-3,7-9,13H,1,4-6,10-12H2. The molecule has 2 aliphatic rings. The van der Waals surface area contributed by atoms with E-state index < -0.39 is 5.82 Å². The monoisotopic (exact) mass is 341 g/mol. The summed E-state index contributed by atoms with van der Waals surface area (Å²) in [6, 6.07) is 3.26. The Morgan fingerprint density at radius 3 is 2.56 bits per heavy atom. The molecule has 25 heavy (non-hydrogen) atoms. The van der Waals surface area contributed by atoms with Crippen molar-refractivity contribution in [3.63, 3.8) is 0 Å². The normalized spacial score (nSPS) is 19.4. The average Bonchev–Trinajstić information content (AvgIpc) is 3.06. The maximum Gasteiger partial charge on any atom is 0.256 e. The Kier molecular flexibility index (Phi) is 4.07. The molecule has 1 spiro atoms. The Balaban J connectivity index is 1.49. The molecule has 4 rings (SSSR count). The van der Waals surface area contributed by atoms with Crippen LogP contribution in [0.4, 0.5) is 10.3 Å². The lowest BCUT2D eigenvalue weighted by atomic mass is 9.85. The van der Waals surface area contributed by atoms with Crippen molar-refractivity contribution in [3.05, 3.63) is 48.3 Å². The topological polar surface area (TPSA) is 62.2 Å². The molecule has 0 aliphatic carbocycles. The molecule has 7 heteroatoms. The van der Waals surface area contributed by atoms with Crippen LogP contribution in [0.2, 0.25) is 0 Å². The van der Waals surface area contributed by atoms with Gasteiger partial charge in [-0.1, -0.05) is 0 Å². The smallest absolute Gasteiger partial charge is 0.256 e. The highest BCUT2D eigenvalue weighted by atomic mass is 19.1. The zero-order chi connectivity index (χ0) is 17.3. The zero-order valence-electron chi connectivity index (χ0n) is 13.9. The largest absolute Gasteiger partial charge is 0.338 e. The lowest BCUT2D eigenvalue weighted by Gasteiger charge is -2.45. The number of pyridine rings is 1. The Labute approximate surface area is 145 Å². The molecule has 0 aromatic carbocycles. The van der Waals surface area contributed by atoms with Crippen molar-refractivity contribution >= 4 is 11.9 Å². The van der Waals surface area contributed by atoms with Gasteiger partial charge in [-0.05, 0) is 37.8 Å². The Bertz CT molecular complexity index is 761. The van der Waals surface area contributed by atoms with Gasteiger partial charge in [-0.25, -0.2) is 14.4 Å². The van der Waals surface area contributed by atoms with Crippen LogP contribution >= 0.6 is 0 Å². The summed E-state index contributed by atoms with van der Waals surface area (Å²) in [5.74, 6) is -0.0526. The molecule has 6 nitrogen and oxygen atoms in total. The highest BCUT2D eigenvalue weighted by molar-refractivity contribution is 5.94. The highest BCUT2D eigenvalue weighted by Gasteiger charge is 2.45.